The number of rotatable bonds is 2. The predicted octanol–water partition coefficient (Wildman–Crippen LogP) is 2.26. The molecule has 1 heterocycles. The monoisotopic (exact) mass is 244 g/mol. The number of aromatic nitrogens is 2. The van der Waals surface area contributed by atoms with Crippen LogP contribution < -0.4 is 5.76 Å². The standard InChI is InChI=1S/C9H6Cl2N2O2/c10-6-2-1-5(3-7(6)11)4-8-12-13-9(14)15-8/h1-3H,4H2,(H,13,14). The molecule has 0 amide bonds. The zero-order valence-electron chi connectivity index (χ0n) is 7.46. The molecule has 0 aliphatic carbocycles. The van der Waals surface area contributed by atoms with Crippen LogP contribution in [0.3, 0.4) is 0 Å². The van der Waals surface area contributed by atoms with Crippen molar-refractivity contribution in [2.45, 2.75) is 6.42 Å². The first-order valence-electron chi connectivity index (χ1n) is 4.13. The molecule has 0 spiro atoms. The summed E-state index contributed by atoms with van der Waals surface area (Å²) in [6, 6.07) is 5.19. The van der Waals surface area contributed by atoms with Crippen LogP contribution in [0.25, 0.3) is 0 Å². The van der Waals surface area contributed by atoms with Crippen molar-refractivity contribution >= 4 is 23.2 Å². The van der Waals surface area contributed by atoms with E-state index in [4.69, 9.17) is 27.6 Å². The van der Waals surface area contributed by atoms with Crippen molar-refractivity contribution in [3.63, 3.8) is 0 Å². The Hall–Kier alpha value is -1.26. The van der Waals surface area contributed by atoms with E-state index >= 15 is 0 Å². The van der Waals surface area contributed by atoms with E-state index in [-0.39, 0.29) is 0 Å². The molecule has 78 valence electrons. The van der Waals surface area contributed by atoms with Gasteiger partial charge >= 0.3 is 5.76 Å². The van der Waals surface area contributed by atoms with Crippen LogP contribution in [0, 0.1) is 0 Å². The lowest BCUT2D eigenvalue weighted by Crippen LogP contribution is -1.93. The summed E-state index contributed by atoms with van der Waals surface area (Å²) in [4.78, 5) is 10.7. The van der Waals surface area contributed by atoms with Crippen LogP contribution in [0.15, 0.2) is 27.4 Å². The summed E-state index contributed by atoms with van der Waals surface area (Å²) in [6.45, 7) is 0. The molecule has 0 saturated heterocycles. The van der Waals surface area contributed by atoms with Crippen LogP contribution in [-0.4, -0.2) is 10.2 Å². The second kappa shape index (κ2) is 4.08. The molecular weight excluding hydrogens is 239 g/mol. The first-order valence-corrected chi connectivity index (χ1v) is 4.89. The number of hydrogen-bond donors (Lipinski definition) is 1. The number of nitrogens with zero attached hydrogens (tertiary/aromatic N) is 1. The van der Waals surface area contributed by atoms with Gasteiger partial charge in [0.2, 0.25) is 5.89 Å². The van der Waals surface area contributed by atoms with Gasteiger partial charge in [0, 0.05) is 0 Å². The van der Waals surface area contributed by atoms with E-state index in [1.165, 1.54) is 0 Å². The van der Waals surface area contributed by atoms with Crippen molar-refractivity contribution in [1.29, 1.82) is 0 Å². The number of benzene rings is 1. The van der Waals surface area contributed by atoms with Crippen LogP contribution in [-0.2, 0) is 6.42 Å². The van der Waals surface area contributed by atoms with Crippen molar-refractivity contribution in [2.24, 2.45) is 0 Å². The van der Waals surface area contributed by atoms with Gasteiger partial charge in [-0.05, 0) is 17.7 Å². The molecule has 15 heavy (non-hydrogen) atoms. The maximum Gasteiger partial charge on any atom is 0.434 e. The molecular formula is C9H6Cl2N2O2. The Labute approximate surface area is 94.8 Å². The maximum atomic E-state index is 10.7. The third kappa shape index (κ3) is 2.40. The Kier molecular flexibility index (Phi) is 2.79. The van der Waals surface area contributed by atoms with Gasteiger partial charge in [0.15, 0.2) is 0 Å². The van der Waals surface area contributed by atoms with Crippen LogP contribution in [0.5, 0.6) is 0 Å². The third-order valence-electron chi connectivity index (χ3n) is 1.82. The van der Waals surface area contributed by atoms with Crippen molar-refractivity contribution in [3.8, 4) is 0 Å². The molecule has 0 bridgehead atoms. The number of H-pyrrole nitrogens is 1. The molecule has 1 N–H and O–H groups in total. The first-order chi connectivity index (χ1) is 7.15. The summed E-state index contributed by atoms with van der Waals surface area (Å²) >= 11 is 11.6. The second-order valence-electron chi connectivity index (χ2n) is 2.93. The molecule has 0 fully saturated rings. The Morgan fingerprint density at radius 2 is 2.13 bits per heavy atom. The number of aromatic amines is 1. The van der Waals surface area contributed by atoms with Crippen LogP contribution >= 0.6 is 23.2 Å². The van der Waals surface area contributed by atoms with E-state index in [9.17, 15) is 4.79 Å². The van der Waals surface area contributed by atoms with Gasteiger partial charge in [0.25, 0.3) is 0 Å². The maximum absolute atomic E-state index is 10.7. The zero-order chi connectivity index (χ0) is 10.8. The molecule has 1 aromatic heterocycles. The average molecular weight is 245 g/mol. The van der Waals surface area contributed by atoms with E-state index in [1.807, 2.05) is 0 Å². The highest BCUT2D eigenvalue weighted by atomic mass is 35.5. The van der Waals surface area contributed by atoms with Crippen LogP contribution in [0.1, 0.15) is 11.5 Å². The largest absolute Gasteiger partial charge is 0.434 e. The van der Waals surface area contributed by atoms with Gasteiger partial charge in [-0.3, -0.25) is 0 Å². The topological polar surface area (TPSA) is 58.9 Å². The summed E-state index contributed by atoms with van der Waals surface area (Å²) in [5.74, 6) is -0.247. The molecule has 0 radical (unpaired) electrons. The van der Waals surface area contributed by atoms with Crippen LogP contribution in [0.4, 0.5) is 0 Å². The van der Waals surface area contributed by atoms with E-state index in [2.05, 4.69) is 10.2 Å². The van der Waals surface area contributed by atoms with Gasteiger partial charge in [-0.25, -0.2) is 9.89 Å². The zero-order valence-corrected chi connectivity index (χ0v) is 8.97. The minimum atomic E-state index is -0.565. The fourth-order valence-corrected chi connectivity index (χ4v) is 1.48. The Morgan fingerprint density at radius 1 is 1.33 bits per heavy atom. The summed E-state index contributed by atoms with van der Waals surface area (Å²) in [7, 11) is 0. The summed E-state index contributed by atoms with van der Waals surface area (Å²) in [5.41, 5.74) is 0.875. The van der Waals surface area contributed by atoms with Gasteiger partial charge in [0.1, 0.15) is 0 Å². The van der Waals surface area contributed by atoms with Gasteiger partial charge in [-0.2, -0.15) is 0 Å². The molecule has 0 aliphatic rings. The lowest BCUT2D eigenvalue weighted by Gasteiger charge is -1.99. The molecule has 2 aromatic rings. The molecule has 2 rings (SSSR count). The lowest BCUT2D eigenvalue weighted by molar-refractivity contribution is 0.471. The minimum absolute atomic E-state index is 0.318. The van der Waals surface area contributed by atoms with Gasteiger partial charge in [-0.1, -0.05) is 29.3 Å². The number of halogens is 2. The minimum Gasteiger partial charge on any atom is -0.392 e. The van der Waals surface area contributed by atoms with E-state index < -0.39 is 5.76 Å². The molecule has 0 atom stereocenters. The molecule has 0 saturated carbocycles. The SMILES string of the molecule is O=c1[nH]nc(Cc2ccc(Cl)c(Cl)c2)o1. The number of hydrogen-bond acceptors (Lipinski definition) is 3. The third-order valence-corrected chi connectivity index (χ3v) is 2.56. The van der Waals surface area contributed by atoms with Gasteiger partial charge < -0.3 is 4.42 Å². The molecule has 6 heteroatoms. The Balaban J connectivity index is 2.24. The molecule has 1 aromatic carbocycles. The highest BCUT2D eigenvalue weighted by Gasteiger charge is 2.05. The van der Waals surface area contributed by atoms with E-state index in [0.29, 0.717) is 22.4 Å². The van der Waals surface area contributed by atoms with Crippen molar-refractivity contribution in [1.82, 2.24) is 10.2 Å². The second-order valence-corrected chi connectivity index (χ2v) is 3.75. The Morgan fingerprint density at radius 3 is 2.73 bits per heavy atom. The van der Waals surface area contributed by atoms with E-state index in [0.717, 1.165) is 5.56 Å². The summed E-state index contributed by atoms with van der Waals surface area (Å²) in [6.07, 6.45) is 0.398. The fourth-order valence-electron chi connectivity index (χ4n) is 1.16. The van der Waals surface area contributed by atoms with Gasteiger partial charge in [0.05, 0.1) is 16.5 Å². The Bertz CT molecular complexity index is 533. The van der Waals surface area contributed by atoms with Crippen LogP contribution in [0.2, 0.25) is 10.0 Å². The first kappa shape index (κ1) is 10.3. The fraction of sp³-hybridized carbons (Fsp3) is 0.111. The van der Waals surface area contributed by atoms with Crippen molar-refractivity contribution in [2.75, 3.05) is 0 Å². The highest BCUT2D eigenvalue weighted by molar-refractivity contribution is 6.42. The highest BCUT2D eigenvalue weighted by Crippen LogP contribution is 2.23. The van der Waals surface area contributed by atoms with Gasteiger partial charge in [-0.15, -0.1) is 5.10 Å². The molecule has 0 aliphatic heterocycles. The summed E-state index contributed by atoms with van der Waals surface area (Å²) in [5, 5.41) is 6.82. The van der Waals surface area contributed by atoms with Crippen molar-refractivity contribution < 1.29 is 4.42 Å². The smallest absolute Gasteiger partial charge is 0.392 e. The molecule has 4 nitrogen and oxygen atoms in total. The average Bonchev–Trinajstić information content (AvgIpc) is 2.58. The molecule has 0 unspecified atom stereocenters. The summed E-state index contributed by atoms with van der Waals surface area (Å²) < 4.78 is 4.76. The van der Waals surface area contributed by atoms with E-state index in [1.54, 1.807) is 18.2 Å². The lowest BCUT2D eigenvalue weighted by atomic mass is 10.1. The predicted molar refractivity (Wildman–Crippen MR) is 56.4 cm³/mol. The van der Waals surface area contributed by atoms with Crippen molar-refractivity contribution in [3.05, 3.63) is 50.2 Å². The normalized spacial score (nSPS) is 10.5. The quantitative estimate of drug-likeness (QED) is 0.882. The number of nitrogens with one attached hydrogen (secondary N) is 1.